The largest absolute Gasteiger partial charge is 0.464 e. The highest BCUT2D eigenvalue weighted by atomic mass is 31.2. The molecule has 0 bridgehead atoms. The number of nitrogens with two attached hydrogens (primary N) is 1. The maximum Gasteiger partial charge on any atom is 0.459 e. The molecule has 0 radical (unpaired) electrons. The van der Waals surface area contributed by atoms with E-state index in [0.717, 1.165) is 0 Å². The second kappa shape index (κ2) is 12.4. The topological polar surface area (TPSA) is 169 Å². The van der Waals surface area contributed by atoms with Crippen molar-refractivity contribution in [3.8, 4) is 5.75 Å². The number of nitrogens with one attached hydrogen (secondary N) is 1. The Bertz CT molecular complexity index is 1310. The van der Waals surface area contributed by atoms with Gasteiger partial charge >= 0.3 is 13.7 Å². The molecular formula is C25H34N5O8P. The van der Waals surface area contributed by atoms with Gasteiger partial charge in [-0.15, -0.1) is 0 Å². The van der Waals surface area contributed by atoms with Crippen LogP contribution in [0.15, 0.2) is 48.8 Å². The maximum atomic E-state index is 13.8. The van der Waals surface area contributed by atoms with Gasteiger partial charge in [-0.2, -0.15) is 10.2 Å². The van der Waals surface area contributed by atoms with E-state index in [-0.39, 0.29) is 25.4 Å². The molecule has 1 aromatic carbocycles. The van der Waals surface area contributed by atoms with E-state index < -0.39 is 37.6 Å². The zero-order valence-corrected chi connectivity index (χ0v) is 23.0. The van der Waals surface area contributed by atoms with Crippen LogP contribution in [0.5, 0.6) is 5.75 Å². The molecule has 13 nitrogen and oxygen atoms in total. The number of benzene rings is 1. The Morgan fingerprint density at radius 2 is 2.08 bits per heavy atom. The van der Waals surface area contributed by atoms with Crippen molar-refractivity contribution >= 4 is 25.1 Å². The van der Waals surface area contributed by atoms with Gasteiger partial charge in [0.2, 0.25) is 0 Å². The molecule has 0 aliphatic carbocycles. The number of rotatable bonds is 13. The Balaban J connectivity index is 1.46. The van der Waals surface area contributed by atoms with Gasteiger partial charge in [0.25, 0.3) is 0 Å². The molecule has 3 aromatic rings. The van der Waals surface area contributed by atoms with Crippen molar-refractivity contribution in [2.75, 3.05) is 32.7 Å². The lowest BCUT2D eigenvalue weighted by Crippen LogP contribution is -2.37. The number of nitrogens with zero attached hydrogens (tertiary/aromatic N) is 3. The Hall–Kier alpha value is -3.06. The van der Waals surface area contributed by atoms with Gasteiger partial charge in [0.1, 0.15) is 29.7 Å². The summed E-state index contributed by atoms with van der Waals surface area (Å²) in [6.45, 7) is 3.61. The number of fused-ring (bicyclic) bond motifs is 1. The Labute approximate surface area is 226 Å². The molecular weight excluding hydrogens is 529 g/mol. The fourth-order valence-corrected chi connectivity index (χ4v) is 5.85. The molecule has 0 amide bonds. The summed E-state index contributed by atoms with van der Waals surface area (Å²) < 4.78 is 43.3. The van der Waals surface area contributed by atoms with Crippen molar-refractivity contribution < 1.29 is 37.7 Å². The van der Waals surface area contributed by atoms with E-state index >= 15 is 0 Å². The third-order valence-corrected chi connectivity index (χ3v) is 7.78. The number of esters is 1. The van der Waals surface area contributed by atoms with Crippen molar-refractivity contribution in [3.63, 3.8) is 0 Å². The molecule has 1 fully saturated rings. The fourth-order valence-electron chi connectivity index (χ4n) is 4.24. The molecule has 2 aromatic heterocycles. The second-order valence-corrected chi connectivity index (χ2v) is 11.2. The first-order valence-electron chi connectivity index (χ1n) is 12.5. The number of para-hydroxylation sites is 1. The molecule has 3 heterocycles. The monoisotopic (exact) mass is 563 g/mol. The Kier molecular flexibility index (Phi) is 9.21. The molecule has 14 heteroatoms. The van der Waals surface area contributed by atoms with Crippen LogP contribution in [0.25, 0.3) is 5.52 Å². The summed E-state index contributed by atoms with van der Waals surface area (Å²) in [6.07, 6.45) is 0.365. The van der Waals surface area contributed by atoms with Gasteiger partial charge in [0, 0.05) is 26.6 Å². The van der Waals surface area contributed by atoms with Gasteiger partial charge < -0.3 is 29.6 Å². The van der Waals surface area contributed by atoms with E-state index in [1.165, 1.54) is 13.3 Å². The summed E-state index contributed by atoms with van der Waals surface area (Å²) in [5.41, 5.74) is 6.05. The van der Waals surface area contributed by atoms with Crippen molar-refractivity contribution in [2.45, 2.75) is 50.5 Å². The van der Waals surface area contributed by atoms with E-state index in [4.69, 9.17) is 29.0 Å². The molecule has 1 saturated heterocycles. The van der Waals surface area contributed by atoms with Crippen LogP contribution in [0.2, 0.25) is 0 Å². The normalized spacial score (nSPS) is 23.4. The predicted octanol–water partition coefficient (Wildman–Crippen LogP) is 2.65. The smallest absolute Gasteiger partial charge is 0.459 e. The van der Waals surface area contributed by atoms with Crippen molar-refractivity contribution in [2.24, 2.45) is 0 Å². The van der Waals surface area contributed by atoms with Crippen molar-refractivity contribution in [3.05, 3.63) is 54.5 Å². The van der Waals surface area contributed by atoms with E-state index in [9.17, 15) is 14.5 Å². The first-order valence-corrected chi connectivity index (χ1v) is 14.0. The van der Waals surface area contributed by atoms with Crippen LogP contribution < -0.4 is 15.3 Å². The highest BCUT2D eigenvalue weighted by Crippen LogP contribution is 2.48. The van der Waals surface area contributed by atoms with Gasteiger partial charge in [0.15, 0.2) is 5.82 Å². The quantitative estimate of drug-likeness (QED) is 0.158. The lowest BCUT2D eigenvalue weighted by molar-refractivity contribution is -0.145. The van der Waals surface area contributed by atoms with Gasteiger partial charge in [-0.3, -0.25) is 9.32 Å². The minimum Gasteiger partial charge on any atom is -0.464 e. The molecule has 212 valence electrons. The lowest BCUT2D eigenvalue weighted by atomic mass is 10.0. The second-order valence-electron chi connectivity index (χ2n) is 9.50. The summed E-state index contributed by atoms with van der Waals surface area (Å²) in [7, 11) is -2.56. The summed E-state index contributed by atoms with van der Waals surface area (Å²) in [4.78, 5) is 16.4. The first-order chi connectivity index (χ1) is 18.6. The number of aromatic nitrogens is 3. The maximum absolute atomic E-state index is 13.8. The van der Waals surface area contributed by atoms with Gasteiger partial charge in [-0.05, 0) is 38.1 Å². The predicted molar refractivity (Wildman–Crippen MR) is 141 cm³/mol. The molecule has 0 unspecified atom stereocenters. The fraction of sp³-hybridized carbons (Fsp3) is 0.480. The molecule has 0 spiro atoms. The summed E-state index contributed by atoms with van der Waals surface area (Å²) in [5.74, 6) is -0.0423. The Morgan fingerprint density at radius 1 is 1.31 bits per heavy atom. The highest BCUT2D eigenvalue weighted by molar-refractivity contribution is 7.52. The Morgan fingerprint density at radius 3 is 2.82 bits per heavy atom. The molecule has 5 atom stereocenters. The molecule has 1 aliphatic rings. The zero-order valence-electron chi connectivity index (χ0n) is 22.1. The third kappa shape index (κ3) is 7.13. The zero-order chi connectivity index (χ0) is 28.0. The number of methoxy groups -OCH3 is 1. The van der Waals surface area contributed by atoms with Crippen LogP contribution in [-0.4, -0.2) is 70.4 Å². The van der Waals surface area contributed by atoms with Gasteiger partial charge in [0.05, 0.1) is 30.6 Å². The van der Waals surface area contributed by atoms with Gasteiger partial charge in [-0.1, -0.05) is 18.2 Å². The molecule has 0 saturated carbocycles. The van der Waals surface area contributed by atoms with Crippen LogP contribution >= 0.6 is 7.75 Å². The van der Waals surface area contributed by atoms with Crippen LogP contribution in [0.3, 0.4) is 0 Å². The number of hydrogen-bond acceptors (Lipinski definition) is 11. The number of ether oxygens (including phenoxy) is 3. The van der Waals surface area contributed by atoms with Crippen LogP contribution in [-0.2, 0) is 28.1 Å². The average Bonchev–Trinajstić information content (AvgIpc) is 3.47. The van der Waals surface area contributed by atoms with Crippen molar-refractivity contribution in [1.29, 1.82) is 0 Å². The summed E-state index contributed by atoms with van der Waals surface area (Å²) >= 11 is 0. The number of carbonyl (C=O) groups is 1. The summed E-state index contributed by atoms with van der Waals surface area (Å²) in [5, 5.41) is 17.7. The number of aliphatic hydroxyl groups is 1. The van der Waals surface area contributed by atoms with E-state index in [2.05, 4.69) is 15.2 Å². The number of carbonyl (C=O) groups excluding carboxylic acids is 1. The van der Waals surface area contributed by atoms with Crippen molar-refractivity contribution in [1.82, 2.24) is 19.7 Å². The van der Waals surface area contributed by atoms with Gasteiger partial charge in [-0.25, -0.2) is 14.1 Å². The number of nitrogen functional groups attached to an aromatic ring is 1. The van der Waals surface area contributed by atoms with E-state index in [0.29, 0.717) is 30.1 Å². The van der Waals surface area contributed by atoms with Crippen LogP contribution in [0.1, 0.15) is 38.5 Å². The molecule has 4 N–H and O–H groups in total. The number of hydrogen-bond donors (Lipinski definition) is 3. The van der Waals surface area contributed by atoms with Crippen LogP contribution in [0.4, 0.5) is 5.82 Å². The molecule has 4 rings (SSSR count). The minimum atomic E-state index is -4.12. The average molecular weight is 564 g/mol. The first kappa shape index (κ1) is 28.9. The lowest BCUT2D eigenvalue weighted by Gasteiger charge is -2.28. The van der Waals surface area contributed by atoms with E-state index in [1.807, 2.05) is 0 Å². The minimum absolute atomic E-state index is 0.152. The standard InChI is InChI=1S/C25H34N5O8P/c1-17(24(32)35-13-7-12-34-3)29-39(33,38-18-8-5-4-6-9-18)36-15-25(2)14-21(31)22(37-25)19-10-11-20-23(26)27-16-28-30(19)20/h4-6,8-11,16-17,21-22,31H,7,12-15H2,1-3H3,(H,29,33)(H2,26,27,28)/t17-,21+,22-,25-,39-/m0/s1. The van der Waals surface area contributed by atoms with E-state index in [1.54, 1.807) is 61.0 Å². The molecule has 1 aliphatic heterocycles. The summed E-state index contributed by atoms with van der Waals surface area (Å²) in [6, 6.07) is 10.9. The van der Waals surface area contributed by atoms with Crippen LogP contribution in [0, 0.1) is 0 Å². The highest BCUT2D eigenvalue weighted by Gasteiger charge is 2.46. The SMILES string of the molecule is COCCCOC(=O)[C@H](C)N[P@](=O)(OC[C@]1(C)C[C@@H](O)[C@H](c2ccc3c(N)ncnn23)O1)Oc1ccccc1. The molecule has 39 heavy (non-hydrogen) atoms. The number of anilines is 1. The number of aliphatic hydroxyl groups excluding tert-OH is 1. The third-order valence-electron chi connectivity index (χ3n) is 6.16.